The maximum absolute atomic E-state index is 12.3. The lowest BCUT2D eigenvalue weighted by Gasteiger charge is -2.25. The van der Waals surface area contributed by atoms with Gasteiger partial charge in [-0.05, 0) is 54.1 Å². The standard InChI is InChI=1S/C16H17BrN2O4S/c1-4-22-12-8-13(23-5-2)11(17)7-9(12)6-10-14(20)18-16(24)19(3)15(10)21/h6-8H,4-5H2,1-3H3,(H,18,20,24)/b10-6+. The summed E-state index contributed by atoms with van der Waals surface area (Å²) >= 11 is 8.36. The molecule has 24 heavy (non-hydrogen) atoms. The topological polar surface area (TPSA) is 67.9 Å². The van der Waals surface area contributed by atoms with Crippen molar-refractivity contribution in [3.8, 4) is 11.5 Å². The number of ether oxygens (including phenoxy) is 2. The Morgan fingerprint density at radius 1 is 1.21 bits per heavy atom. The Labute approximate surface area is 153 Å². The van der Waals surface area contributed by atoms with E-state index < -0.39 is 11.8 Å². The van der Waals surface area contributed by atoms with Gasteiger partial charge in [0, 0.05) is 18.7 Å². The average Bonchev–Trinajstić information content (AvgIpc) is 2.53. The van der Waals surface area contributed by atoms with E-state index >= 15 is 0 Å². The summed E-state index contributed by atoms with van der Waals surface area (Å²) < 4.78 is 11.8. The molecule has 1 aromatic rings. The van der Waals surface area contributed by atoms with E-state index in [0.717, 1.165) is 0 Å². The van der Waals surface area contributed by atoms with Crippen molar-refractivity contribution in [2.45, 2.75) is 13.8 Å². The Hall–Kier alpha value is -1.93. The number of carbonyl (C=O) groups is 2. The van der Waals surface area contributed by atoms with Gasteiger partial charge in [0.1, 0.15) is 17.1 Å². The first-order valence-corrected chi connectivity index (χ1v) is 8.53. The molecular weight excluding hydrogens is 396 g/mol. The van der Waals surface area contributed by atoms with Gasteiger partial charge >= 0.3 is 0 Å². The van der Waals surface area contributed by atoms with Crippen LogP contribution in [0, 0.1) is 0 Å². The quantitative estimate of drug-likeness (QED) is 0.457. The van der Waals surface area contributed by atoms with Crippen LogP contribution in [0.4, 0.5) is 0 Å². The Kier molecular flexibility index (Phi) is 5.95. The minimum atomic E-state index is -0.532. The van der Waals surface area contributed by atoms with Crippen LogP contribution >= 0.6 is 28.1 Å². The first kappa shape index (κ1) is 18.4. The largest absolute Gasteiger partial charge is 0.493 e. The molecule has 2 amide bonds. The lowest BCUT2D eigenvalue weighted by molar-refractivity contribution is -0.128. The van der Waals surface area contributed by atoms with Crippen LogP contribution in [0.3, 0.4) is 0 Å². The molecule has 0 aliphatic carbocycles. The first-order valence-electron chi connectivity index (χ1n) is 7.33. The predicted octanol–water partition coefficient (Wildman–Crippen LogP) is 2.50. The Morgan fingerprint density at radius 2 is 1.83 bits per heavy atom. The summed E-state index contributed by atoms with van der Waals surface area (Å²) in [6.07, 6.45) is 1.49. The van der Waals surface area contributed by atoms with Crippen molar-refractivity contribution in [1.29, 1.82) is 0 Å². The second-order valence-electron chi connectivity index (χ2n) is 4.87. The number of benzene rings is 1. The van der Waals surface area contributed by atoms with E-state index in [-0.39, 0.29) is 10.7 Å². The third-order valence-electron chi connectivity index (χ3n) is 3.27. The smallest absolute Gasteiger partial charge is 0.265 e. The molecule has 1 aromatic carbocycles. The van der Waals surface area contributed by atoms with E-state index in [1.54, 1.807) is 12.1 Å². The maximum Gasteiger partial charge on any atom is 0.265 e. The molecule has 1 aliphatic heterocycles. The lowest BCUT2D eigenvalue weighted by atomic mass is 10.1. The zero-order valence-electron chi connectivity index (χ0n) is 13.5. The van der Waals surface area contributed by atoms with Crippen LogP contribution in [0.5, 0.6) is 11.5 Å². The zero-order chi connectivity index (χ0) is 17.9. The summed E-state index contributed by atoms with van der Waals surface area (Å²) in [7, 11) is 1.51. The van der Waals surface area contributed by atoms with Gasteiger partial charge in [-0.15, -0.1) is 0 Å². The van der Waals surface area contributed by atoms with Crippen LogP contribution in [0.15, 0.2) is 22.2 Å². The third kappa shape index (κ3) is 3.76. The van der Waals surface area contributed by atoms with E-state index in [2.05, 4.69) is 21.2 Å². The third-order valence-corrected chi connectivity index (χ3v) is 4.26. The number of thiocarbonyl (C=S) groups is 1. The van der Waals surface area contributed by atoms with Crippen LogP contribution in [0.1, 0.15) is 19.4 Å². The number of likely N-dealkylation sites (N-methyl/N-ethyl adjacent to an activating group) is 1. The summed E-state index contributed by atoms with van der Waals surface area (Å²) in [5.74, 6) is 0.153. The number of halogens is 1. The molecule has 0 aromatic heterocycles. The fourth-order valence-corrected chi connectivity index (χ4v) is 2.76. The second kappa shape index (κ2) is 7.76. The van der Waals surface area contributed by atoms with Gasteiger partial charge in [-0.1, -0.05) is 0 Å². The molecule has 0 spiro atoms. The molecule has 1 N–H and O–H groups in total. The Morgan fingerprint density at radius 3 is 2.46 bits per heavy atom. The highest BCUT2D eigenvalue weighted by Gasteiger charge is 2.31. The highest BCUT2D eigenvalue weighted by atomic mass is 79.9. The molecule has 128 valence electrons. The van der Waals surface area contributed by atoms with Crippen molar-refractivity contribution in [2.75, 3.05) is 20.3 Å². The van der Waals surface area contributed by atoms with E-state index in [1.807, 2.05) is 13.8 Å². The summed E-state index contributed by atoms with van der Waals surface area (Å²) in [5.41, 5.74) is 0.579. The number of amides is 2. The predicted molar refractivity (Wildman–Crippen MR) is 98.0 cm³/mol. The van der Waals surface area contributed by atoms with Crippen molar-refractivity contribution in [1.82, 2.24) is 10.2 Å². The molecule has 1 aliphatic rings. The molecule has 0 atom stereocenters. The van der Waals surface area contributed by atoms with Gasteiger partial charge in [0.15, 0.2) is 5.11 Å². The molecule has 6 nitrogen and oxygen atoms in total. The molecule has 0 bridgehead atoms. The lowest BCUT2D eigenvalue weighted by Crippen LogP contribution is -2.52. The monoisotopic (exact) mass is 412 g/mol. The highest BCUT2D eigenvalue weighted by Crippen LogP contribution is 2.34. The minimum Gasteiger partial charge on any atom is -0.493 e. The molecule has 1 heterocycles. The Bertz CT molecular complexity index is 733. The number of nitrogens with zero attached hydrogens (tertiary/aromatic N) is 1. The van der Waals surface area contributed by atoms with Crippen molar-refractivity contribution in [3.05, 3.63) is 27.7 Å². The molecule has 8 heteroatoms. The van der Waals surface area contributed by atoms with Crippen molar-refractivity contribution >= 4 is 51.2 Å². The van der Waals surface area contributed by atoms with Crippen molar-refractivity contribution in [3.63, 3.8) is 0 Å². The Balaban J connectivity index is 2.50. The number of hydrogen-bond acceptors (Lipinski definition) is 5. The van der Waals surface area contributed by atoms with Gasteiger partial charge in [-0.3, -0.25) is 19.8 Å². The van der Waals surface area contributed by atoms with Gasteiger partial charge in [0.25, 0.3) is 11.8 Å². The van der Waals surface area contributed by atoms with Gasteiger partial charge in [0.2, 0.25) is 0 Å². The number of nitrogens with one attached hydrogen (secondary N) is 1. The van der Waals surface area contributed by atoms with Crippen molar-refractivity contribution < 1.29 is 19.1 Å². The maximum atomic E-state index is 12.3. The molecular formula is C16H17BrN2O4S. The SMILES string of the molecule is CCOc1cc(OCC)c(/C=C2\C(=O)NC(=S)N(C)C2=O)cc1Br. The average molecular weight is 413 g/mol. The van der Waals surface area contributed by atoms with Crippen molar-refractivity contribution in [2.24, 2.45) is 0 Å². The molecule has 2 rings (SSSR count). The molecule has 0 unspecified atom stereocenters. The van der Waals surface area contributed by atoms with E-state index in [1.165, 1.54) is 18.0 Å². The van der Waals surface area contributed by atoms with Crippen LogP contribution in [0.2, 0.25) is 0 Å². The van der Waals surface area contributed by atoms with Crippen LogP contribution in [-0.2, 0) is 9.59 Å². The van der Waals surface area contributed by atoms with Gasteiger partial charge in [-0.25, -0.2) is 0 Å². The van der Waals surface area contributed by atoms with Gasteiger partial charge in [0.05, 0.1) is 17.7 Å². The van der Waals surface area contributed by atoms with E-state index in [4.69, 9.17) is 21.7 Å². The highest BCUT2D eigenvalue weighted by molar-refractivity contribution is 9.10. The van der Waals surface area contributed by atoms with Crippen LogP contribution in [0.25, 0.3) is 6.08 Å². The normalized spacial score (nSPS) is 16.4. The van der Waals surface area contributed by atoms with Crippen LogP contribution < -0.4 is 14.8 Å². The molecule has 1 saturated heterocycles. The van der Waals surface area contributed by atoms with E-state index in [0.29, 0.717) is 34.7 Å². The summed E-state index contributed by atoms with van der Waals surface area (Å²) in [6.45, 7) is 4.68. The fourth-order valence-electron chi connectivity index (χ4n) is 2.11. The van der Waals surface area contributed by atoms with Gasteiger partial charge in [-0.2, -0.15) is 0 Å². The minimum absolute atomic E-state index is 0.0110. The van der Waals surface area contributed by atoms with Gasteiger partial charge < -0.3 is 9.47 Å². The molecule has 0 radical (unpaired) electrons. The zero-order valence-corrected chi connectivity index (χ0v) is 15.9. The summed E-state index contributed by atoms with van der Waals surface area (Å²) in [6, 6.07) is 3.47. The number of hydrogen-bond donors (Lipinski definition) is 1. The number of carbonyl (C=O) groups excluding carboxylic acids is 2. The summed E-state index contributed by atoms with van der Waals surface area (Å²) in [4.78, 5) is 25.6. The molecule has 0 saturated carbocycles. The van der Waals surface area contributed by atoms with Crippen LogP contribution in [-0.4, -0.2) is 42.1 Å². The molecule has 1 fully saturated rings. The summed E-state index contributed by atoms with van der Waals surface area (Å²) in [5, 5.41) is 2.56. The second-order valence-corrected chi connectivity index (χ2v) is 6.11. The van der Waals surface area contributed by atoms with E-state index in [9.17, 15) is 9.59 Å². The first-order chi connectivity index (χ1) is 11.4. The number of rotatable bonds is 5. The fraction of sp³-hybridized carbons (Fsp3) is 0.312.